The molecule has 130 valence electrons. The first-order valence-electron chi connectivity index (χ1n) is 8.36. The van der Waals surface area contributed by atoms with Crippen molar-refractivity contribution in [1.82, 2.24) is 4.90 Å². The number of amides is 1. The van der Waals surface area contributed by atoms with Crippen molar-refractivity contribution >= 4 is 17.8 Å². The van der Waals surface area contributed by atoms with Crippen LogP contribution >= 0.6 is 0 Å². The zero-order chi connectivity index (χ0) is 17.2. The van der Waals surface area contributed by atoms with Gasteiger partial charge in [-0.15, -0.1) is 0 Å². The van der Waals surface area contributed by atoms with E-state index in [9.17, 15) is 14.4 Å². The van der Waals surface area contributed by atoms with Gasteiger partial charge in [-0.3, -0.25) is 9.59 Å². The summed E-state index contributed by atoms with van der Waals surface area (Å²) in [6.07, 6.45) is 3.75. The van der Waals surface area contributed by atoms with Crippen LogP contribution in [0.1, 0.15) is 52.9 Å². The Morgan fingerprint density at radius 3 is 2.13 bits per heavy atom. The van der Waals surface area contributed by atoms with Gasteiger partial charge >= 0.3 is 11.9 Å². The third-order valence-corrected chi connectivity index (χ3v) is 4.56. The highest BCUT2D eigenvalue weighted by Crippen LogP contribution is 2.38. The Hall–Kier alpha value is -1.59. The molecule has 1 saturated heterocycles. The number of hydrogen-bond acceptors (Lipinski definition) is 5. The molecule has 1 aliphatic heterocycles. The minimum Gasteiger partial charge on any atom is -0.469 e. The van der Waals surface area contributed by atoms with Crippen LogP contribution in [0.15, 0.2) is 0 Å². The number of rotatable bonds is 3. The molecule has 0 aromatic rings. The summed E-state index contributed by atoms with van der Waals surface area (Å²) in [7, 11) is 1.34. The molecule has 23 heavy (non-hydrogen) atoms. The fourth-order valence-electron chi connectivity index (χ4n) is 3.25. The van der Waals surface area contributed by atoms with Crippen molar-refractivity contribution in [3.63, 3.8) is 0 Å². The lowest BCUT2D eigenvalue weighted by molar-refractivity contribution is -0.170. The molecule has 0 bridgehead atoms. The topological polar surface area (TPSA) is 72.9 Å². The Balaban J connectivity index is 2.07. The number of piperidine rings is 1. The number of ether oxygens (including phenoxy) is 2. The SMILES string of the molecule is COC(=O)[C@@H]1CC[C@H]1C(=O)N1CCCC[C@H]1C(=O)OC(C)(C)C. The number of methoxy groups -OCH3 is 1. The Morgan fingerprint density at radius 1 is 0.957 bits per heavy atom. The predicted octanol–water partition coefficient (Wildman–Crippen LogP) is 1.91. The molecule has 1 saturated carbocycles. The highest BCUT2D eigenvalue weighted by atomic mass is 16.6. The zero-order valence-electron chi connectivity index (χ0n) is 14.5. The lowest BCUT2D eigenvalue weighted by atomic mass is 9.72. The predicted molar refractivity (Wildman–Crippen MR) is 83.4 cm³/mol. The molecule has 2 fully saturated rings. The van der Waals surface area contributed by atoms with E-state index in [1.807, 2.05) is 20.8 Å². The number of nitrogens with zero attached hydrogens (tertiary/aromatic N) is 1. The fraction of sp³-hybridized carbons (Fsp3) is 0.824. The Labute approximate surface area is 137 Å². The van der Waals surface area contributed by atoms with Crippen LogP contribution in [0.25, 0.3) is 0 Å². The van der Waals surface area contributed by atoms with Gasteiger partial charge in [0.15, 0.2) is 0 Å². The summed E-state index contributed by atoms with van der Waals surface area (Å²) in [6.45, 7) is 6.00. The van der Waals surface area contributed by atoms with E-state index in [-0.39, 0.29) is 29.7 Å². The van der Waals surface area contributed by atoms with Crippen molar-refractivity contribution in [2.24, 2.45) is 11.8 Å². The molecular weight excluding hydrogens is 298 g/mol. The minimum atomic E-state index is -0.575. The summed E-state index contributed by atoms with van der Waals surface area (Å²) in [6, 6.07) is -0.533. The van der Waals surface area contributed by atoms with Gasteiger partial charge in [0.1, 0.15) is 11.6 Å². The van der Waals surface area contributed by atoms with Gasteiger partial charge in [-0.1, -0.05) is 0 Å². The highest BCUT2D eigenvalue weighted by Gasteiger charge is 2.46. The first kappa shape index (κ1) is 17.8. The van der Waals surface area contributed by atoms with Crippen molar-refractivity contribution in [3.05, 3.63) is 0 Å². The number of carbonyl (C=O) groups excluding carboxylic acids is 3. The first-order valence-corrected chi connectivity index (χ1v) is 8.36. The van der Waals surface area contributed by atoms with Crippen LogP contribution in [0.3, 0.4) is 0 Å². The quantitative estimate of drug-likeness (QED) is 0.741. The number of carbonyl (C=O) groups is 3. The molecule has 6 nitrogen and oxygen atoms in total. The largest absolute Gasteiger partial charge is 0.469 e. The second kappa shape index (κ2) is 6.89. The van der Waals surface area contributed by atoms with Gasteiger partial charge < -0.3 is 14.4 Å². The van der Waals surface area contributed by atoms with Gasteiger partial charge in [-0.05, 0) is 52.9 Å². The van der Waals surface area contributed by atoms with E-state index in [4.69, 9.17) is 9.47 Å². The monoisotopic (exact) mass is 325 g/mol. The molecule has 2 rings (SSSR count). The third-order valence-electron chi connectivity index (χ3n) is 4.56. The molecule has 1 amide bonds. The van der Waals surface area contributed by atoms with E-state index in [2.05, 4.69) is 0 Å². The van der Waals surface area contributed by atoms with E-state index >= 15 is 0 Å². The molecular formula is C17H27NO5. The van der Waals surface area contributed by atoms with Crippen LogP contribution in [0, 0.1) is 11.8 Å². The first-order chi connectivity index (χ1) is 10.7. The maximum Gasteiger partial charge on any atom is 0.329 e. The van der Waals surface area contributed by atoms with Crippen LogP contribution in [-0.4, -0.2) is 48.0 Å². The summed E-state index contributed by atoms with van der Waals surface area (Å²) in [5.74, 6) is -1.51. The van der Waals surface area contributed by atoms with Crippen molar-refractivity contribution in [2.75, 3.05) is 13.7 Å². The molecule has 1 heterocycles. The van der Waals surface area contributed by atoms with Crippen LogP contribution < -0.4 is 0 Å². The summed E-state index contributed by atoms with van der Waals surface area (Å²) in [5.41, 5.74) is -0.575. The summed E-state index contributed by atoms with van der Waals surface area (Å²) in [5, 5.41) is 0. The maximum atomic E-state index is 12.8. The van der Waals surface area contributed by atoms with Gasteiger partial charge in [0.05, 0.1) is 18.9 Å². The maximum absolute atomic E-state index is 12.8. The van der Waals surface area contributed by atoms with E-state index < -0.39 is 11.6 Å². The Kier molecular flexibility index (Phi) is 5.32. The van der Waals surface area contributed by atoms with Crippen molar-refractivity contribution < 1.29 is 23.9 Å². The van der Waals surface area contributed by atoms with Crippen LogP contribution in [-0.2, 0) is 23.9 Å². The van der Waals surface area contributed by atoms with Crippen molar-refractivity contribution in [3.8, 4) is 0 Å². The van der Waals surface area contributed by atoms with E-state index in [0.29, 0.717) is 25.8 Å². The molecule has 6 heteroatoms. The lowest BCUT2D eigenvalue weighted by Gasteiger charge is -2.41. The second-order valence-electron chi connectivity index (χ2n) is 7.39. The van der Waals surface area contributed by atoms with Gasteiger partial charge in [0.2, 0.25) is 5.91 Å². The average Bonchev–Trinajstić information content (AvgIpc) is 2.44. The molecule has 0 unspecified atom stereocenters. The van der Waals surface area contributed by atoms with Gasteiger partial charge in [-0.2, -0.15) is 0 Å². The molecule has 3 atom stereocenters. The standard InChI is InChI=1S/C17H27NO5/c1-17(2,3)23-16(21)13-7-5-6-10-18(13)14(19)11-8-9-12(11)15(20)22-4/h11-13H,5-10H2,1-4H3/t11-,12-,13+/m1/s1. The van der Waals surface area contributed by atoms with Gasteiger partial charge in [-0.25, -0.2) is 4.79 Å². The highest BCUT2D eigenvalue weighted by molar-refractivity contribution is 5.90. The smallest absolute Gasteiger partial charge is 0.329 e. The Morgan fingerprint density at radius 2 is 1.61 bits per heavy atom. The number of likely N-dealkylation sites (tertiary alicyclic amines) is 1. The van der Waals surface area contributed by atoms with Crippen LogP contribution in [0.2, 0.25) is 0 Å². The third kappa shape index (κ3) is 4.03. The van der Waals surface area contributed by atoms with Gasteiger partial charge in [0.25, 0.3) is 0 Å². The average molecular weight is 325 g/mol. The molecule has 0 spiro atoms. The fourth-order valence-corrected chi connectivity index (χ4v) is 3.25. The number of hydrogen-bond donors (Lipinski definition) is 0. The number of esters is 2. The van der Waals surface area contributed by atoms with E-state index in [0.717, 1.165) is 12.8 Å². The van der Waals surface area contributed by atoms with E-state index in [1.165, 1.54) is 7.11 Å². The van der Waals surface area contributed by atoms with Crippen LogP contribution in [0.5, 0.6) is 0 Å². The summed E-state index contributed by atoms with van der Waals surface area (Å²) < 4.78 is 10.2. The normalized spacial score (nSPS) is 27.8. The van der Waals surface area contributed by atoms with E-state index in [1.54, 1.807) is 4.90 Å². The van der Waals surface area contributed by atoms with Crippen LogP contribution in [0.4, 0.5) is 0 Å². The zero-order valence-corrected chi connectivity index (χ0v) is 14.5. The van der Waals surface area contributed by atoms with Crippen molar-refractivity contribution in [1.29, 1.82) is 0 Å². The molecule has 0 aromatic carbocycles. The Bertz CT molecular complexity index is 482. The molecule has 2 aliphatic rings. The molecule has 0 radical (unpaired) electrons. The minimum absolute atomic E-state index is 0.109. The lowest BCUT2D eigenvalue weighted by Crippen LogP contribution is -2.55. The summed E-state index contributed by atoms with van der Waals surface area (Å²) >= 11 is 0. The van der Waals surface area contributed by atoms with Crippen molar-refractivity contribution in [2.45, 2.75) is 64.5 Å². The molecule has 0 N–H and O–H groups in total. The molecule has 1 aliphatic carbocycles. The molecule has 0 aromatic heterocycles. The van der Waals surface area contributed by atoms with Gasteiger partial charge in [0, 0.05) is 6.54 Å². The second-order valence-corrected chi connectivity index (χ2v) is 7.39. The summed E-state index contributed by atoms with van der Waals surface area (Å²) in [4.78, 5) is 38.6.